The minimum Gasteiger partial charge on any atom is -0.360 e. The lowest BCUT2D eigenvalue weighted by molar-refractivity contribution is -0.131. The molecule has 0 aliphatic rings. The summed E-state index contributed by atoms with van der Waals surface area (Å²) >= 11 is 11.9. The first-order valence-electron chi connectivity index (χ1n) is 7.84. The molecule has 2 amide bonds. The number of hydrogen-bond acceptors (Lipinski definition) is 5. The fourth-order valence-corrected chi connectivity index (χ4v) is 2.58. The number of benzene rings is 1. The molecule has 0 unspecified atom stereocenters. The number of carbonyl (C=O) groups is 2. The molecule has 7 nitrogen and oxygen atoms in total. The highest BCUT2D eigenvalue weighted by Crippen LogP contribution is 2.23. The zero-order valence-electron chi connectivity index (χ0n) is 14.8. The van der Waals surface area contributed by atoms with Crippen LogP contribution in [0, 0.1) is 6.92 Å². The van der Waals surface area contributed by atoms with Crippen LogP contribution in [0.5, 0.6) is 0 Å². The van der Waals surface area contributed by atoms with Gasteiger partial charge < -0.3 is 14.7 Å². The molecule has 1 N–H and O–H groups in total. The lowest BCUT2D eigenvalue weighted by Crippen LogP contribution is -2.39. The van der Waals surface area contributed by atoms with Crippen molar-refractivity contribution in [3.8, 4) is 0 Å². The number of anilines is 1. The van der Waals surface area contributed by atoms with Gasteiger partial charge in [0, 0.05) is 19.7 Å². The third-order valence-corrected chi connectivity index (χ3v) is 4.28. The summed E-state index contributed by atoms with van der Waals surface area (Å²) in [5, 5.41) is 7.22. The van der Waals surface area contributed by atoms with E-state index in [-0.39, 0.29) is 24.9 Å². The maximum Gasteiger partial charge on any atom is 0.239 e. The normalized spacial score (nSPS) is 10.8. The Balaban J connectivity index is 1.81. The smallest absolute Gasteiger partial charge is 0.239 e. The number of likely N-dealkylation sites (N-methyl/N-ethyl adjacent to an activating group) is 2. The Morgan fingerprint density at radius 2 is 1.88 bits per heavy atom. The Bertz CT molecular complexity index is 794. The van der Waals surface area contributed by atoms with E-state index in [1.165, 1.54) is 0 Å². The molecule has 1 heterocycles. The van der Waals surface area contributed by atoms with Crippen molar-refractivity contribution >= 4 is 40.8 Å². The van der Waals surface area contributed by atoms with Crippen molar-refractivity contribution in [1.82, 2.24) is 15.0 Å². The first kappa shape index (κ1) is 20.2. The van der Waals surface area contributed by atoms with Crippen LogP contribution in [0.25, 0.3) is 0 Å². The number of rotatable bonds is 7. The molecule has 0 fully saturated rings. The zero-order valence-corrected chi connectivity index (χ0v) is 16.3. The minimum absolute atomic E-state index is 0.0538. The second-order valence-electron chi connectivity index (χ2n) is 6.04. The van der Waals surface area contributed by atoms with Gasteiger partial charge in [-0.2, -0.15) is 0 Å². The summed E-state index contributed by atoms with van der Waals surface area (Å²) in [5.74, 6) is 0.557. The van der Waals surface area contributed by atoms with Crippen LogP contribution >= 0.6 is 23.2 Å². The predicted octanol–water partition coefficient (Wildman–Crippen LogP) is 2.82. The summed E-state index contributed by atoms with van der Waals surface area (Å²) in [7, 11) is 3.38. The van der Waals surface area contributed by atoms with Crippen molar-refractivity contribution in [3.63, 3.8) is 0 Å². The van der Waals surface area contributed by atoms with Crippen molar-refractivity contribution in [2.24, 2.45) is 0 Å². The molecule has 0 saturated heterocycles. The van der Waals surface area contributed by atoms with Gasteiger partial charge in [0.25, 0.3) is 0 Å². The van der Waals surface area contributed by atoms with Crippen LogP contribution in [0.3, 0.4) is 0 Å². The van der Waals surface area contributed by atoms with E-state index in [1.54, 1.807) is 49.0 Å². The van der Waals surface area contributed by atoms with Gasteiger partial charge in [-0.1, -0.05) is 34.4 Å². The molecule has 140 valence electrons. The zero-order chi connectivity index (χ0) is 19.3. The molecule has 0 aliphatic heterocycles. The molecule has 0 aliphatic carbocycles. The third-order valence-electron chi connectivity index (χ3n) is 3.54. The van der Waals surface area contributed by atoms with Gasteiger partial charge in [-0.25, -0.2) is 0 Å². The van der Waals surface area contributed by atoms with Gasteiger partial charge in [0.15, 0.2) is 5.82 Å². The summed E-state index contributed by atoms with van der Waals surface area (Å²) in [6, 6.07) is 6.85. The fourth-order valence-electron chi connectivity index (χ4n) is 2.26. The molecular weight excluding hydrogens is 379 g/mol. The lowest BCUT2D eigenvalue weighted by Gasteiger charge is -2.21. The van der Waals surface area contributed by atoms with Crippen molar-refractivity contribution in [1.29, 1.82) is 0 Å². The largest absolute Gasteiger partial charge is 0.360 e. The number of aromatic nitrogens is 1. The molecule has 0 radical (unpaired) electrons. The van der Waals surface area contributed by atoms with Gasteiger partial charge in [0.2, 0.25) is 11.8 Å². The maximum atomic E-state index is 12.3. The van der Waals surface area contributed by atoms with Gasteiger partial charge in [0.05, 0.1) is 23.1 Å². The Kier molecular flexibility index (Phi) is 7.02. The van der Waals surface area contributed by atoms with Crippen LogP contribution in [-0.2, 0) is 16.1 Å². The number of hydrogen-bond donors (Lipinski definition) is 1. The second kappa shape index (κ2) is 9.02. The maximum absolute atomic E-state index is 12.3. The van der Waals surface area contributed by atoms with Crippen molar-refractivity contribution in [2.75, 3.05) is 32.5 Å². The average Bonchev–Trinajstić information content (AvgIpc) is 2.95. The van der Waals surface area contributed by atoms with E-state index < -0.39 is 0 Å². The molecule has 9 heteroatoms. The molecular formula is C17H20Cl2N4O3. The number of nitrogens with one attached hydrogen (secondary N) is 1. The van der Waals surface area contributed by atoms with Gasteiger partial charge in [-0.05, 0) is 31.7 Å². The molecule has 0 spiro atoms. The standard InChI is InChI=1S/C17H20Cl2N4O3/c1-11-6-15(21-26-11)20-16(24)9-22(2)10-17(25)23(3)8-12-4-5-13(18)14(19)7-12/h4-7H,8-10H2,1-3H3,(H,20,21,24). The molecule has 0 bridgehead atoms. The van der Waals surface area contributed by atoms with E-state index in [0.29, 0.717) is 28.2 Å². The highest BCUT2D eigenvalue weighted by Gasteiger charge is 2.15. The van der Waals surface area contributed by atoms with Crippen LogP contribution < -0.4 is 5.32 Å². The number of carbonyl (C=O) groups excluding carboxylic acids is 2. The highest BCUT2D eigenvalue weighted by molar-refractivity contribution is 6.42. The first-order chi connectivity index (χ1) is 12.2. The van der Waals surface area contributed by atoms with Gasteiger partial charge in [-0.15, -0.1) is 0 Å². The SMILES string of the molecule is Cc1cc(NC(=O)CN(C)CC(=O)N(C)Cc2ccc(Cl)c(Cl)c2)no1. The van der Waals surface area contributed by atoms with Crippen LogP contribution in [0.2, 0.25) is 10.0 Å². The third kappa shape index (κ3) is 6.01. The molecule has 0 saturated carbocycles. The van der Waals surface area contributed by atoms with Gasteiger partial charge >= 0.3 is 0 Å². The van der Waals surface area contributed by atoms with Gasteiger partial charge in [0.1, 0.15) is 5.76 Å². The molecule has 1 aromatic carbocycles. The van der Waals surface area contributed by atoms with Crippen LogP contribution in [-0.4, -0.2) is 54.0 Å². The van der Waals surface area contributed by atoms with E-state index >= 15 is 0 Å². The summed E-state index contributed by atoms with van der Waals surface area (Å²) < 4.78 is 4.88. The monoisotopic (exact) mass is 398 g/mol. The summed E-state index contributed by atoms with van der Waals surface area (Å²) in [6.07, 6.45) is 0. The van der Waals surface area contributed by atoms with E-state index in [2.05, 4.69) is 10.5 Å². The van der Waals surface area contributed by atoms with Crippen molar-refractivity contribution < 1.29 is 14.1 Å². The molecule has 0 atom stereocenters. The van der Waals surface area contributed by atoms with Crippen LogP contribution in [0.4, 0.5) is 5.82 Å². The Hall–Kier alpha value is -2.09. The quantitative estimate of drug-likeness (QED) is 0.775. The number of halogens is 2. The van der Waals surface area contributed by atoms with Crippen molar-refractivity contribution in [3.05, 3.63) is 45.6 Å². The number of aryl methyl sites for hydroxylation is 1. The summed E-state index contributed by atoms with van der Waals surface area (Å²) in [5.41, 5.74) is 0.872. The van der Waals surface area contributed by atoms with Crippen LogP contribution in [0.15, 0.2) is 28.8 Å². The number of nitrogens with zero attached hydrogens (tertiary/aromatic N) is 3. The molecule has 2 rings (SSSR count). The number of amides is 2. The molecule has 1 aromatic heterocycles. The molecule has 2 aromatic rings. The van der Waals surface area contributed by atoms with E-state index in [0.717, 1.165) is 5.56 Å². The second-order valence-corrected chi connectivity index (χ2v) is 6.86. The average molecular weight is 399 g/mol. The summed E-state index contributed by atoms with van der Waals surface area (Å²) in [6.45, 7) is 2.28. The Labute approximate surface area is 161 Å². The van der Waals surface area contributed by atoms with E-state index in [9.17, 15) is 9.59 Å². The fraction of sp³-hybridized carbons (Fsp3) is 0.353. The van der Waals surface area contributed by atoms with Gasteiger partial charge in [-0.3, -0.25) is 14.5 Å². The topological polar surface area (TPSA) is 78.7 Å². The first-order valence-corrected chi connectivity index (χ1v) is 8.60. The highest BCUT2D eigenvalue weighted by atomic mass is 35.5. The van der Waals surface area contributed by atoms with Crippen molar-refractivity contribution in [2.45, 2.75) is 13.5 Å². The minimum atomic E-state index is -0.277. The predicted molar refractivity (Wildman–Crippen MR) is 100 cm³/mol. The van der Waals surface area contributed by atoms with E-state index in [1.807, 2.05) is 6.07 Å². The molecule has 26 heavy (non-hydrogen) atoms. The summed E-state index contributed by atoms with van der Waals surface area (Å²) in [4.78, 5) is 27.5. The Morgan fingerprint density at radius 3 is 2.50 bits per heavy atom. The van der Waals surface area contributed by atoms with Crippen LogP contribution in [0.1, 0.15) is 11.3 Å². The Morgan fingerprint density at radius 1 is 1.15 bits per heavy atom. The van der Waals surface area contributed by atoms with E-state index in [4.69, 9.17) is 27.7 Å². The lowest BCUT2D eigenvalue weighted by atomic mass is 10.2.